The average molecular weight is 670 g/mol. The van der Waals surface area contributed by atoms with Crippen LogP contribution >= 0.6 is 23.1 Å². The minimum atomic E-state index is -0.776. The van der Waals surface area contributed by atoms with Gasteiger partial charge < -0.3 is 10.1 Å². The Balaban J connectivity index is 1.35. The van der Waals surface area contributed by atoms with Crippen molar-refractivity contribution in [3.05, 3.63) is 110 Å². The van der Waals surface area contributed by atoms with Crippen LogP contribution in [0.3, 0.4) is 0 Å². The van der Waals surface area contributed by atoms with Gasteiger partial charge in [0, 0.05) is 16.5 Å². The lowest BCUT2D eigenvalue weighted by molar-refractivity contribution is -0.122. The van der Waals surface area contributed by atoms with Gasteiger partial charge in [-0.3, -0.25) is 23.7 Å². The SMILES string of the molecule is CCOC(=O)c1ccc(NC(=O)Cn2c3c(sc2=O)[C@@H](c2ccc(C(C)(C)C)cc2)[C@@H]2C(=O)N(c4ccc(C)cc4)C(=O)[C@@H]2S3)cc1. The van der Waals surface area contributed by atoms with E-state index in [9.17, 15) is 24.0 Å². The fourth-order valence-corrected chi connectivity index (χ4v) is 8.77. The maximum atomic E-state index is 14.1. The molecule has 3 heterocycles. The summed E-state index contributed by atoms with van der Waals surface area (Å²) in [7, 11) is 0. The summed E-state index contributed by atoms with van der Waals surface area (Å²) < 4.78 is 6.41. The van der Waals surface area contributed by atoms with Crippen molar-refractivity contribution in [2.24, 2.45) is 5.92 Å². The highest BCUT2D eigenvalue weighted by Crippen LogP contribution is 2.54. The number of ether oxygens (including phenoxy) is 1. The molecule has 0 aliphatic carbocycles. The van der Waals surface area contributed by atoms with Gasteiger partial charge in [0.25, 0.3) is 0 Å². The molecule has 0 unspecified atom stereocenters. The predicted octanol–water partition coefficient (Wildman–Crippen LogP) is 6.13. The summed E-state index contributed by atoms with van der Waals surface area (Å²) >= 11 is 2.19. The first-order valence-electron chi connectivity index (χ1n) is 15.4. The topological polar surface area (TPSA) is 115 Å². The lowest BCUT2D eigenvalue weighted by atomic mass is 9.81. The Kier molecular flexibility index (Phi) is 8.71. The summed E-state index contributed by atoms with van der Waals surface area (Å²) in [6.07, 6.45) is 0. The number of carbonyl (C=O) groups is 4. The van der Waals surface area contributed by atoms with Crippen molar-refractivity contribution in [1.29, 1.82) is 0 Å². The van der Waals surface area contributed by atoms with E-state index in [2.05, 4.69) is 26.1 Å². The van der Waals surface area contributed by atoms with E-state index in [4.69, 9.17) is 4.74 Å². The number of hydrogen-bond acceptors (Lipinski definition) is 8. The van der Waals surface area contributed by atoms with Crippen LogP contribution in [-0.2, 0) is 31.1 Å². The molecule has 1 aromatic heterocycles. The molecular weight excluding hydrogens is 635 g/mol. The van der Waals surface area contributed by atoms with E-state index in [0.29, 0.717) is 26.8 Å². The normalized spacial score (nSPS) is 18.9. The Morgan fingerprint density at radius 1 is 0.894 bits per heavy atom. The van der Waals surface area contributed by atoms with Crippen molar-refractivity contribution >= 4 is 58.2 Å². The first-order chi connectivity index (χ1) is 22.4. The number of carbonyl (C=O) groups excluding carboxylic acids is 4. The summed E-state index contributed by atoms with van der Waals surface area (Å²) in [6.45, 7) is 10.0. The van der Waals surface area contributed by atoms with Gasteiger partial charge in [-0.05, 0) is 66.8 Å². The second kappa shape index (κ2) is 12.6. The van der Waals surface area contributed by atoms with E-state index < -0.39 is 29.0 Å². The minimum Gasteiger partial charge on any atom is -0.462 e. The van der Waals surface area contributed by atoms with Crippen molar-refractivity contribution in [2.45, 2.75) is 62.8 Å². The third-order valence-corrected chi connectivity index (χ3v) is 11.1. The van der Waals surface area contributed by atoms with Crippen LogP contribution in [0.15, 0.2) is 82.6 Å². The first-order valence-corrected chi connectivity index (χ1v) is 17.1. The molecule has 0 bridgehead atoms. The van der Waals surface area contributed by atoms with Crippen LogP contribution in [0, 0.1) is 12.8 Å². The van der Waals surface area contributed by atoms with Crippen molar-refractivity contribution < 1.29 is 23.9 Å². The third-order valence-electron chi connectivity index (χ3n) is 8.46. The molecule has 0 radical (unpaired) electrons. The number of thioether (sulfide) groups is 1. The number of amides is 3. The van der Waals surface area contributed by atoms with Crippen LogP contribution in [-0.4, -0.2) is 40.1 Å². The molecule has 4 aromatic rings. The highest BCUT2D eigenvalue weighted by molar-refractivity contribution is 8.00. The number of imide groups is 1. The molecule has 3 amide bonds. The first kappa shape index (κ1) is 32.5. The van der Waals surface area contributed by atoms with E-state index in [1.165, 1.54) is 21.2 Å². The van der Waals surface area contributed by atoms with Crippen LogP contribution in [0.4, 0.5) is 11.4 Å². The molecule has 6 rings (SSSR count). The van der Waals surface area contributed by atoms with E-state index in [1.807, 2.05) is 43.3 Å². The van der Waals surface area contributed by atoms with Crippen LogP contribution in [0.1, 0.15) is 65.5 Å². The number of nitrogens with one attached hydrogen (secondary N) is 1. The molecule has 242 valence electrons. The molecule has 2 aliphatic heterocycles. The maximum absolute atomic E-state index is 14.1. The number of rotatable bonds is 7. The average Bonchev–Trinajstić information content (AvgIpc) is 3.47. The zero-order chi connectivity index (χ0) is 33.6. The second-order valence-electron chi connectivity index (χ2n) is 12.7. The molecule has 1 saturated heterocycles. The molecule has 47 heavy (non-hydrogen) atoms. The predicted molar refractivity (Wildman–Crippen MR) is 183 cm³/mol. The third kappa shape index (κ3) is 6.17. The minimum absolute atomic E-state index is 0.0866. The van der Waals surface area contributed by atoms with Gasteiger partial charge in [0.1, 0.15) is 11.8 Å². The standard InChI is InChI=1S/C36H35N3O6S2/c1-6-45-34(43)22-11-15-24(16-12-22)37-26(40)19-38-33-30(47-35(38)44)27(21-9-13-23(14-10-21)36(3,4)5)28-29(46-33)32(42)39(31(28)41)25-17-7-20(2)8-18-25/h7-18,27-29H,6,19H2,1-5H3,(H,37,40)/t27-,28-,29+/m0/s1. The summed E-state index contributed by atoms with van der Waals surface area (Å²) in [5.74, 6) is -2.81. The molecule has 9 nitrogen and oxygen atoms in total. The van der Waals surface area contributed by atoms with Crippen molar-refractivity contribution in [3.8, 4) is 0 Å². The summed E-state index contributed by atoms with van der Waals surface area (Å²) in [6, 6.07) is 21.6. The smallest absolute Gasteiger partial charge is 0.338 e. The number of hydrogen-bond donors (Lipinski definition) is 1. The highest BCUT2D eigenvalue weighted by atomic mass is 32.2. The largest absolute Gasteiger partial charge is 0.462 e. The second-order valence-corrected chi connectivity index (χ2v) is 14.9. The van der Waals surface area contributed by atoms with Crippen molar-refractivity contribution in [2.75, 3.05) is 16.8 Å². The molecule has 0 saturated carbocycles. The zero-order valence-corrected chi connectivity index (χ0v) is 28.4. The number of aryl methyl sites for hydroxylation is 1. The number of fused-ring (bicyclic) bond motifs is 2. The maximum Gasteiger partial charge on any atom is 0.338 e. The quantitative estimate of drug-likeness (QED) is 0.186. The van der Waals surface area contributed by atoms with Gasteiger partial charge in [-0.25, -0.2) is 9.69 Å². The number of thiazole rings is 1. The Labute approximate surface area is 280 Å². The summed E-state index contributed by atoms with van der Waals surface area (Å²) in [5.41, 5.74) is 4.20. The van der Waals surface area contributed by atoms with Crippen LogP contribution in [0.25, 0.3) is 0 Å². The van der Waals surface area contributed by atoms with Crippen LogP contribution < -0.4 is 15.1 Å². The number of esters is 1. The van der Waals surface area contributed by atoms with Gasteiger partial charge in [-0.1, -0.05) is 85.8 Å². The van der Waals surface area contributed by atoms with Crippen molar-refractivity contribution in [3.63, 3.8) is 0 Å². The molecule has 1 N–H and O–H groups in total. The molecule has 3 aromatic carbocycles. The van der Waals surface area contributed by atoms with Gasteiger partial charge in [0.15, 0.2) is 0 Å². The van der Waals surface area contributed by atoms with E-state index in [0.717, 1.165) is 28.0 Å². The van der Waals surface area contributed by atoms with Gasteiger partial charge >= 0.3 is 10.8 Å². The Morgan fingerprint density at radius 2 is 1.55 bits per heavy atom. The number of aromatic nitrogens is 1. The Hall–Kier alpha value is -4.48. The summed E-state index contributed by atoms with van der Waals surface area (Å²) in [4.78, 5) is 68.5. The van der Waals surface area contributed by atoms with Crippen LogP contribution in [0.2, 0.25) is 0 Å². The molecular formula is C36H35N3O6S2. The van der Waals surface area contributed by atoms with Crippen molar-refractivity contribution in [1.82, 2.24) is 4.57 Å². The molecule has 3 atom stereocenters. The molecule has 0 spiro atoms. The lowest BCUT2D eigenvalue weighted by Gasteiger charge is -2.31. The van der Waals surface area contributed by atoms with Gasteiger partial charge in [-0.15, -0.1) is 0 Å². The Bertz CT molecular complexity index is 1920. The van der Waals surface area contributed by atoms with E-state index >= 15 is 0 Å². The van der Waals surface area contributed by atoms with E-state index in [-0.39, 0.29) is 35.3 Å². The van der Waals surface area contributed by atoms with Gasteiger partial charge in [0.05, 0.1) is 28.8 Å². The number of benzene rings is 3. The fraction of sp³-hybridized carbons (Fsp3) is 0.306. The molecule has 2 aliphatic rings. The van der Waals surface area contributed by atoms with Gasteiger partial charge in [0.2, 0.25) is 17.7 Å². The lowest BCUT2D eigenvalue weighted by Crippen LogP contribution is -2.33. The highest BCUT2D eigenvalue weighted by Gasteiger charge is 2.56. The van der Waals surface area contributed by atoms with Crippen LogP contribution in [0.5, 0.6) is 0 Å². The Morgan fingerprint density at radius 3 is 2.17 bits per heavy atom. The fourth-order valence-electron chi connectivity index (χ4n) is 6.00. The molecule has 1 fully saturated rings. The van der Waals surface area contributed by atoms with Gasteiger partial charge in [-0.2, -0.15) is 0 Å². The number of nitrogens with zero attached hydrogens (tertiary/aromatic N) is 2. The molecule has 11 heteroatoms. The zero-order valence-electron chi connectivity index (χ0n) is 26.7. The number of anilines is 2. The summed E-state index contributed by atoms with van der Waals surface area (Å²) in [5, 5.41) is 2.53. The van der Waals surface area contributed by atoms with E-state index in [1.54, 1.807) is 43.3 Å². The monoisotopic (exact) mass is 669 g/mol.